The van der Waals surface area contributed by atoms with E-state index in [1.807, 2.05) is 13.8 Å². The van der Waals surface area contributed by atoms with Gasteiger partial charge in [0.1, 0.15) is 17.7 Å². The van der Waals surface area contributed by atoms with Gasteiger partial charge >= 0.3 is 0 Å². The summed E-state index contributed by atoms with van der Waals surface area (Å²) in [6, 6.07) is 5.26. The number of carbonyl (C=O) groups is 1. The van der Waals surface area contributed by atoms with E-state index in [4.69, 9.17) is 0 Å². The smallest absolute Gasteiger partial charge is 0.245 e. The molecule has 0 radical (unpaired) electrons. The second kappa shape index (κ2) is 7.96. The Labute approximate surface area is 139 Å². The Balaban J connectivity index is 2.15. The van der Waals surface area contributed by atoms with Gasteiger partial charge in [0.15, 0.2) is 0 Å². The molecule has 0 aliphatic carbocycles. The number of aromatic nitrogens is 4. The molecular weight excluding hydrogens is 313 g/mol. The van der Waals surface area contributed by atoms with Crippen molar-refractivity contribution in [2.45, 2.75) is 39.3 Å². The zero-order valence-electron chi connectivity index (χ0n) is 14.0. The summed E-state index contributed by atoms with van der Waals surface area (Å²) in [7, 11) is 0. The van der Waals surface area contributed by atoms with E-state index >= 15 is 0 Å². The van der Waals surface area contributed by atoms with Gasteiger partial charge in [0, 0.05) is 13.0 Å². The molecule has 0 fully saturated rings. The normalized spacial score (nSPS) is 13.8. The Bertz CT molecular complexity index is 671. The maximum absolute atomic E-state index is 13.1. The fourth-order valence-electron chi connectivity index (χ4n) is 2.22. The zero-order valence-corrected chi connectivity index (χ0v) is 14.0. The molecular formula is C16H22FN5O2. The highest BCUT2D eigenvalue weighted by Gasteiger charge is 2.25. The van der Waals surface area contributed by atoms with Gasteiger partial charge in [-0.05, 0) is 41.0 Å². The second-order valence-electron chi connectivity index (χ2n) is 6.07. The monoisotopic (exact) mass is 335 g/mol. The lowest BCUT2D eigenvalue weighted by Gasteiger charge is -2.20. The Morgan fingerprint density at radius 2 is 2.00 bits per heavy atom. The number of nitrogens with zero attached hydrogens (tertiary/aromatic N) is 4. The molecule has 0 aliphatic heterocycles. The van der Waals surface area contributed by atoms with Gasteiger partial charge in [-0.15, -0.1) is 5.10 Å². The molecule has 0 bridgehead atoms. The van der Waals surface area contributed by atoms with Crippen LogP contribution in [0.2, 0.25) is 0 Å². The van der Waals surface area contributed by atoms with Crippen molar-refractivity contribution in [2.75, 3.05) is 6.54 Å². The molecule has 1 aromatic heterocycles. The van der Waals surface area contributed by atoms with Crippen LogP contribution in [0, 0.1) is 18.7 Å². The molecule has 0 saturated heterocycles. The number of hydrogen-bond acceptors (Lipinski definition) is 5. The van der Waals surface area contributed by atoms with Crippen molar-refractivity contribution < 1.29 is 14.3 Å². The lowest BCUT2D eigenvalue weighted by atomic mass is 10.0. The molecule has 0 spiro atoms. The van der Waals surface area contributed by atoms with Crippen molar-refractivity contribution in [2.24, 2.45) is 5.92 Å². The summed E-state index contributed by atoms with van der Waals surface area (Å²) in [5.41, 5.74) is 0.788. The van der Waals surface area contributed by atoms with Gasteiger partial charge in [0.2, 0.25) is 5.91 Å². The van der Waals surface area contributed by atoms with Crippen LogP contribution in [0.25, 0.3) is 0 Å². The third kappa shape index (κ3) is 4.58. The van der Waals surface area contributed by atoms with E-state index in [0.29, 0.717) is 12.2 Å². The molecule has 130 valence electrons. The first kappa shape index (κ1) is 18.0. The van der Waals surface area contributed by atoms with E-state index in [9.17, 15) is 14.3 Å². The van der Waals surface area contributed by atoms with Crippen LogP contribution < -0.4 is 5.32 Å². The standard InChI is InChI=1S/C16H22FN5O2/c1-10(2)15(23)9-18-16(24)14(22-11(3)19-20-21-22)8-12-4-6-13(17)7-5-12/h4-7,10,14-15,23H,8-9H2,1-3H3,(H,18,24). The highest BCUT2D eigenvalue weighted by molar-refractivity contribution is 5.80. The van der Waals surface area contributed by atoms with Gasteiger partial charge in [-0.3, -0.25) is 4.79 Å². The van der Waals surface area contributed by atoms with Crippen LogP contribution in [0.15, 0.2) is 24.3 Å². The predicted octanol–water partition coefficient (Wildman–Crippen LogP) is 1.04. The Morgan fingerprint density at radius 1 is 1.33 bits per heavy atom. The number of halogens is 1. The van der Waals surface area contributed by atoms with Crippen LogP contribution >= 0.6 is 0 Å². The van der Waals surface area contributed by atoms with E-state index in [2.05, 4.69) is 20.8 Å². The van der Waals surface area contributed by atoms with Crippen LogP contribution in [0.4, 0.5) is 4.39 Å². The van der Waals surface area contributed by atoms with Gasteiger partial charge in [0.25, 0.3) is 0 Å². The molecule has 2 aromatic rings. The van der Waals surface area contributed by atoms with E-state index in [1.54, 1.807) is 19.1 Å². The average molecular weight is 335 g/mol. The van der Waals surface area contributed by atoms with E-state index in [1.165, 1.54) is 16.8 Å². The SMILES string of the molecule is Cc1nnnn1C(Cc1ccc(F)cc1)C(=O)NCC(O)C(C)C. The average Bonchev–Trinajstić information content (AvgIpc) is 2.97. The number of aliphatic hydroxyl groups is 1. The van der Waals surface area contributed by atoms with Crippen LogP contribution in [0.3, 0.4) is 0 Å². The molecule has 0 saturated carbocycles. The van der Waals surface area contributed by atoms with Crippen molar-refractivity contribution in [3.8, 4) is 0 Å². The minimum atomic E-state index is -0.676. The summed E-state index contributed by atoms with van der Waals surface area (Å²) in [5.74, 6) is -0.0925. The van der Waals surface area contributed by atoms with Crippen molar-refractivity contribution in [3.05, 3.63) is 41.5 Å². The highest BCUT2D eigenvalue weighted by Crippen LogP contribution is 2.16. The first-order chi connectivity index (χ1) is 11.4. The molecule has 0 aliphatic rings. The van der Waals surface area contributed by atoms with Gasteiger partial charge in [-0.1, -0.05) is 26.0 Å². The third-order valence-electron chi connectivity index (χ3n) is 3.85. The molecule has 1 amide bonds. The van der Waals surface area contributed by atoms with Gasteiger partial charge < -0.3 is 10.4 Å². The summed E-state index contributed by atoms with van der Waals surface area (Å²) in [6.07, 6.45) is -0.314. The molecule has 1 heterocycles. The van der Waals surface area contributed by atoms with Crippen molar-refractivity contribution in [1.82, 2.24) is 25.5 Å². The Kier molecular flexibility index (Phi) is 5.97. The third-order valence-corrected chi connectivity index (χ3v) is 3.85. The first-order valence-electron chi connectivity index (χ1n) is 7.83. The maximum atomic E-state index is 13.1. The van der Waals surface area contributed by atoms with Crippen molar-refractivity contribution in [3.63, 3.8) is 0 Å². The summed E-state index contributed by atoms with van der Waals surface area (Å²) < 4.78 is 14.5. The van der Waals surface area contributed by atoms with Crippen molar-refractivity contribution in [1.29, 1.82) is 0 Å². The molecule has 2 atom stereocenters. The van der Waals surface area contributed by atoms with Crippen LogP contribution in [0.5, 0.6) is 0 Å². The number of tetrazole rings is 1. The summed E-state index contributed by atoms with van der Waals surface area (Å²) in [4.78, 5) is 12.6. The quantitative estimate of drug-likeness (QED) is 0.788. The second-order valence-corrected chi connectivity index (χ2v) is 6.07. The number of rotatable bonds is 7. The number of nitrogens with one attached hydrogen (secondary N) is 1. The molecule has 7 nitrogen and oxygen atoms in total. The molecule has 1 aromatic carbocycles. The van der Waals surface area contributed by atoms with Gasteiger partial charge in [-0.25, -0.2) is 9.07 Å². The minimum Gasteiger partial charge on any atom is -0.391 e. The fourth-order valence-corrected chi connectivity index (χ4v) is 2.22. The van der Waals surface area contributed by atoms with Gasteiger partial charge in [0.05, 0.1) is 6.10 Å². The van der Waals surface area contributed by atoms with Crippen LogP contribution in [-0.4, -0.2) is 43.9 Å². The van der Waals surface area contributed by atoms with E-state index < -0.39 is 12.1 Å². The zero-order chi connectivity index (χ0) is 17.7. The fraction of sp³-hybridized carbons (Fsp3) is 0.500. The first-order valence-corrected chi connectivity index (χ1v) is 7.83. The number of amides is 1. The van der Waals surface area contributed by atoms with Gasteiger partial charge in [-0.2, -0.15) is 0 Å². The summed E-state index contributed by atoms with van der Waals surface area (Å²) in [6.45, 7) is 5.60. The molecule has 2 N–H and O–H groups in total. The highest BCUT2D eigenvalue weighted by atomic mass is 19.1. The number of carbonyl (C=O) groups excluding carboxylic acids is 1. The molecule has 24 heavy (non-hydrogen) atoms. The topological polar surface area (TPSA) is 92.9 Å². The van der Waals surface area contributed by atoms with E-state index in [0.717, 1.165) is 5.56 Å². The molecule has 2 rings (SSSR count). The molecule has 8 heteroatoms. The Morgan fingerprint density at radius 3 is 2.54 bits per heavy atom. The summed E-state index contributed by atoms with van der Waals surface area (Å²) in [5, 5.41) is 23.9. The van der Waals surface area contributed by atoms with Crippen LogP contribution in [-0.2, 0) is 11.2 Å². The van der Waals surface area contributed by atoms with Crippen LogP contribution in [0.1, 0.15) is 31.3 Å². The number of benzene rings is 1. The predicted molar refractivity (Wildman–Crippen MR) is 85.5 cm³/mol. The molecule has 2 unspecified atom stereocenters. The summed E-state index contributed by atoms with van der Waals surface area (Å²) >= 11 is 0. The number of hydrogen-bond donors (Lipinski definition) is 2. The maximum Gasteiger partial charge on any atom is 0.245 e. The number of aryl methyl sites for hydroxylation is 1. The lowest BCUT2D eigenvalue weighted by Crippen LogP contribution is -2.40. The minimum absolute atomic E-state index is 0.0376. The largest absolute Gasteiger partial charge is 0.391 e. The van der Waals surface area contributed by atoms with Crippen molar-refractivity contribution >= 4 is 5.91 Å². The Hall–Kier alpha value is -2.35. The number of aliphatic hydroxyl groups excluding tert-OH is 1. The van der Waals surface area contributed by atoms with E-state index in [-0.39, 0.29) is 24.2 Å². The lowest BCUT2D eigenvalue weighted by molar-refractivity contribution is -0.125.